The summed E-state index contributed by atoms with van der Waals surface area (Å²) < 4.78 is 0. The molecule has 2 fully saturated rings. The molecule has 0 aromatic carbocycles. The normalized spacial score (nSPS) is 49.8. The van der Waals surface area contributed by atoms with E-state index in [0.717, 1.165) is 17.8 Å². The van der Waals surface area contributed by atoms with Crippen LogP contribution in [0.4, 0.5) is 0 Å². The maximum Gasteiger partial charge on any atom is 0.0164 e. The molecule has 2 bridgehead atoms. The third-order valence-corrected chi connectivity index (χ3v) is 7.30. The molecule has 0 aromatic heterocycles. The standard InChI is InChI=1S/C20H28/c1-13-5-8-18-15(3)14(2)11-20(18,10-13)19(4)12-16-6-7-17(19)9-16/h6-7,11,13,16-17H,5,8-10,12H2,1-4H3. The Morgan fingerprint density at radius 2 is 1.95 bits per heavy atom. The fourth-order valence-corrected chi connectivity index (χ4v) is 6.12. The van der Waals surface area contributed by atoms with E-state index in [1.807, 2.05) is 5.57 Å². The molecule has 0 amide bonds. The summed E-state index contributed by atoms with van der Waals surface area (Å²) in [6, 6.07) is 0. The van der Waals surface area contributed by atoms with E-state index >= 15 is 0 Å². The van der Waals surface area contributed by atoms with E-state index in [1.54, 1.807) is 11.1 Å². The first-order chi connectivity index (χ1) is 9.46. The number of fused-ring (bicyclic) bond motifs is 3. The Balaban J connectivity index is 1.87. The summed E-state index contributed by atoms with van der Waals surface area (Å²) in [6.45, 7) is 9.81. The van der Waals surface area contributed by atoms with E-state index < -0.39 is 0 Å². The third-order valence-electron chi connectivity index (χ3n) is 7.30. The lowest BCUT2D eigenvalue weighted by molar-refractivity contribution is 0.0619. The van der Waals surface area contributed by atoms with Crippen molar-refractivity contribution in [2.24, 2.45) is 28.6 Å². The monoisotopic (exact) mass is 268 g/mol. The van der Waals surface area contributed by atoms with Crippen LogP contribution in [0, 0.1) is 28.6 Å². The Kier molecular flexibility index (Phi) is 2.52. The molecule has 4 aliphatic carbocycles. The largest absolute Gasteiger partial charge is 0.0851 e. The van der Waals surface area contributed by atoms with Crippen LogP contribution < -0.4 is 0 Å². The number of hydrogen-bond donors (Lipinski definition) is 0. The third kappa shape index (κ3) is 1.38. The highest BCUT2D eigenvalue weighted by molar-refractivity contribution is 5.50. The minimum atomic E-state index is 0.392. The maximum atomic E-state index is 2.70. The number of hydrogen-bond acceptors (Lipinski definition) is 0. The van der Waals surface area contributed by atoms with Gasteiger partial charge in [-0.3, -0.25) is 0 Å². The van der Waals surface area contributed by atoms with Crippen molar-refractivity contribution in [3.8, 4) is 0 Å². The Hall–Kier alpha value is -0.780. The summed E-state index contributed by atoms with van der Waals surface area (Å²) in [5.41, 5.74) is 5.89. The van der Waals surface area contributed by atoms with Crippen LogP contribution in [-0.4, -0.2) is 0 Å². The summed E-state index contributed by atoms with van der Waals surface area (Å²) in [5, 5.41) is 0. The first-order valence-corrected chi connectivity index (χ1v) is 8.55. The second-order valence-electron chi connectivity index (χ2n) is 8.36. The van der Waals surface area contributed by atoms with Gasteiger partial charge in [-0.05, 0) is 74.7 Å². The topological polar surface area (TPSA) is 0 Å². The number of allylic oxidation sites excluding steroid dienone is 6. The fourth-order valence-electron chi connectivity index (χ4n) is 6.12. The van der Waals surface area contributed by atoms with Crippen LogP contribution in [0.25, 0.3) is 0 Å². The summed E-state index contributed by atoms with van der Waals surface area (Å²) in [6.07, 6.45) is 14.7. The zero-order chi connectivity index (χ0) is 14.1. The lowest BCUT2D eigenvalue weighted by Crippen LogP contribution is -2.45. The van der Waals surface area contributed by atoms with Crippen molar-refractivity contribution < 1.29 is 0 Å². The Labute approximate surface area is 124 Å². The highest BCUT2D eigenvalue weighted by Crippen LogP contribution is 2.69. The average Bonchev–Trinajstić information content (AvgIpc) is 3.04. The summed E-state index contributed by atoms with van der Waals surface area (Å²) >= 11 is 0. The molecule has 5 atom stereocenters. The molecular weight excluding hydrogens is 240 g/mol. The molecule has 20 heavy (non-hydrogen) atoms. The molecule has 5 unspecified atom stereocenters. The van der Waals surface area contributed by atoms with Gasteiger partial charge in [0.15, 0.2) is 0 Å². The van der Waals surface area contributed by atoms with Crippen LogP contribution in [0.5, 0.6) is 0 Å². The van der Waals surface area contributed by atoms with Crippen LogP contribution in [0.1, 0.15) is 59.8 Å². The maximum absolute atomic E-state index is 2.70. The Morgan fingerprint density at radius 3 is 2.60 bits per heavy atom. The van der Waals surface area contributed by atoms with Gasteiger partial charge in [0.25, 0.3) is 0 Å². The van der Waals surface area contributed by atoms with Crippen molar-refractivity contribution in [2.45, 2.75) is 59.8 Å². The van der Waals surface area contributed by atoms with E-state index in [-0.39, 0.29) is 0 Å². The zero-order valence-corrected chi connectivity index (χ0v) is 13.5. The summed E-state index contributed by atoms with van der Waals surface area (Å²) in [7, 11) is 0. The molecule has 4 aliphatic rings. The summed E-state index contributed by atoms with van der Waals surface area (Å²) in [5.74, 6) is 2.57. The fraction of sp³-hybridized carbons (Fsp3) is 0.700. The van der Waals surface area contributed by atoms with Gasteiger partial charge in [-0.1, -0.05) is 43.2 Å². The Bertz CT molecular complexity index is 546. The van der Waals surface area contributed by atoms with Crippen molar-refractivity contribution in [3.05, 3.63) is 34.9 Å². The SMILES string of the molecule is CC1=CC2(C3(C)CC4C=CC3C4)CC(C)CCC2=C1C. The van der Waals surface area contributed by atoms with Crippen LogP contribution in [0.3, 0.4) is 0 Å². The van der Waals surface area contributed by atoms with Crippen molar-refractivity contribution in [3.63, 3.8) is 0 Å². The molecule has 0 nitrogen and oxygen atoms in total. The quantitative estimate of drug-likeness (QED) is 0.537. The van der Waals surface area contributed by atoms with Gasteiger partial charge in [-0.2, -0.15) is 0 Å². The van der Waals surface area contributed by atoms with Gasteiger partial charge in [0.05, 0.1) is 0 Å². The summed E-state index contributed by atoms with van der Waals surface area (Å²) in [4.78, 5) is 0. The van der Waals surface area contributed by atoms with Crippen molar-refractivity contribution in [2.75, 3.05) is 0 Å². The molecule has 0 aliphatic heterocycles. The van der Waals surface area contributed by atoms with Crippen LogP contribution in [0.15, 0.2) is 34.9 Å². The minimum Gasteiger partial charge on any atom is -0.0851 e. The first kappa shape index (κ1) is 12.9. The molecule has 4 rings (SSSR count). The molecule has 0 heterocycles. The van der Waals surface area contributed by atoms with Crippen LogP contribution >= 0.6 is 0 Å². The predicted molar refractivity (Wildman–Crippen MR) is 85.4 cm³/mol. The van der Waals surface area contributed by atoms with Gasteiger partial charge in [0.2, 0.25) is 0 Å². The Morgan fingerprint density at radius 1 is 1.15 bits per heavy atom. The van der Waals surface area contributed by atoms with E-state index in [1.165, 1.54) is 32.1 Å². The van der Waals surface area contributed by atoms with Crippen molar-refractivity contribution >= 4 is 0 Å². The molecule has 0 spiro atoms. The smallest absolute Gasteiger partial charge is 0.0164 e. The van der Waals surface area contributed by atoms with Crippen LogP contribution in [0.2, 0.25) is 0 Å². The molecule has 0 heteroatoms. The van der Waals surface area contributed by atoms with Gasteiger partial charge in [0, 0.05) is 5.41 Å². The molecule has 0 saturated heterocycles. The first-order valence-electron chi connectivity index (χ1n) is 8.55. The van der Waals surface area contributed by atoms with Crippen LogP contribution in [-0.2, 0) is 0 Å². The van der Waals surface area contributed by atoms with Gasteiger partial charge in [-0.15, -0.1) is 0 Å². The highest BCUT2D eigenvalue weighted by atomic mass is 14.6. The van der Waals surface area contributed by atoms with Crippen molar-refractivity contribution in [1.82, 2.24) is 0 Å². The van der Waals surface area contributed by atoms with E-state index in [4.69, 9.17) is 0 Å². The lowest BCUT2D eigenvalue weighted by atomic mass is 9.51. The molecule has 0 aromatic rings. The second kappa shape index (κ2) is 3.90. The lowest BCUT2D eigenvalue weighted by Gasteiger charge is -2.53. The van der Waals surface area contributed by atoms with E-state index in [2.05, 4.69) is 45.9 Å². The van der Waals surface area contributed by atoms with E-state index in [0.29, 0.717) is 10.8 Å². The average molecular weight is 268 g/mol. The minimum absolute atomic E-state index is 0.392. The molecule has 2 saturated carbocycles. The predicted octanol–water partition coefficient (Wildman–Crippen LogP) is 5.67. The molecule has 108 valence electrons. The zero-order valence-electron chi connectivity index (χ0n) is 13.5. The number of rotatable bonds is 1. The second-order valence-corrected chi connectivity index (χ2v) is 8.36. The van der Waals surface area contributed by atoms with Gasteiger partial charge in [-0.25, -0.2) is 0 Å². The molecule has 0 radical (unpaired) electrons. The molecule has 0 N–H and O–H groups in total. The van der Waals surface area contributed by atoms with Crippen molar-refractivity contribution in [1.29, 1.82) is 0 Å². The molecular formula is C20H28. The van der Waals surface area contributed by atoms with E-state index in [9.17, 15) is 0 Å². The highest BCUT2D eigenvalue weighted by Gasteiger charge is 2.60. The van der Waals surface area contributed by atoms with Gasteiger partial charge < -0.3 is 0 Å². The van der Waals surface area contributed by atoms with Gasteiger partial charge in [0.1, 0.15) is 0 Å². The van der Waals surface area contributed by atoms with Gasteiger partial charge >= 0.3 is 0 Å².